The SMILES string of the molecule is CCc1cnc(C(C)NC(=O)N2CCCCC2C(=O)O)s1. The van der Waals surface area contributed by atoms with Crippen LogP contribution in [0.2, 0.25) is 0 Å². The van der Waals surface area contributed by atoms with Gasteiger partial charge in [-0.3, -0.25) is 0 Å². The van der Waals surface area contributed by atoms with Crippen LogP contribution in [-0.4, -0.2) is 39.6 Å². The van der Waals surface area contributed by atoms with E-state index in [1.165, 1.54) is 9.78 Å². The van der Waals surface area contributed by atoms with Crippen LogP contribution in [0.25, 0.3) is 0 Å². The predicted octanol–water partition coefficient (Wildman–Crippen LogP) is 2.42. The van der Waals surface area contributed by atoms with Crippen molar-refractivity contribution in [1.29, 1.82) is 0 Å². The van der Waals surface area contributed by atoms with E-state index in [0.717, 1.165) is 24.3 Å². The number of amides is 2. The first-order valence-corrected chi connectivity index (χ1v) is 8.09. The van der Waals surface area contributed by atoms with Crippen LogP contribution in [0.4, 0.5) is 4.79 Å². The number of piperidine rings is 1. The Balaban J connectivity index is 2.00. The lowest BCUT2D eigenvalue weighted by molar-refractivity contribution is -0.143. The number of hydrogen-bond donors (Lipinski definition) is 2. The van der Waals surface area contributed by atoms with Crippen LogP contribution in [-0.2, 0) is 11.2 Å². The van der Waals surface area contributed by atoms with Crippen LogP contribution >= 0.6 is 11.3 Å². The summed E-state index contributed by atoms with van der Waals surface area (Å²) in [5, 5.41) is 12.9. The number of thiazole rings is 1. The molecule has 2 unspecified atom stereocenters. The zero-order chi connectivity index (χ0) is 15.4. The van der Waals surface area contributed by atoms with E-state index in [0.29, 0.717) is 13.0 Å². The minimum absolute atomic E-state index is 0.209. The monoisotopic (exact) mass is 311 g/mol. The summed E-state index contributed by atoms with van der Waals surface area (Å²) in [5.41, 5.74) is 0. The minimum Gasteiger partial charge on any atom is -0.480 e. The summed E-state index contributed by atoms with van der Waals surface area (Å²) in [6.45, 7) is 4.43. The van der Waals surface area contributed by atoms with Gasteiger partial charge in [-0.2, -0.15) is 0 Å². The third-order valence-corrected chi connectivity index (χ3v) is 5.00. The molecule has 0 aliphatic carbocycles. The van der Waals surface area contributed by atoms with Gasteiger partial charge in [-0.25, -0.2) is 14.6 Å². The smallest absolute Gasteiger partial charge is 0.326 e. The van der Waals surface area contributed by atoms with Crippen LogP contribution in [0.1, 0.15) is 49.0 Å². The maximum Gasteiger partial charge on any atom is 0.326 e. The van der Waals surface area contributed by atoms with Crippen molar-refractivity contribution in [2.75, 3.05) is 6.54 Å². The zero-order valence-corrected chi connectivity index (χ0v) is 13.2. The van der Waals surface area contributed by atoms with Gasteiger partial charge in [0.25, 0.3) is 0 Å². The van der Waals surface area contributed by atoms with Crippen molar-refractivity contribution < 1.29 is 14.7 Å². The second kappa shape index (κ2) is 6.89. The molecule has 1 aliphatic heterocycles. The number of carbonyl (C=O) groups excluding carboxylic acids is 1. The van der Waals surface area contributed by atoms with Gasteiger partial charge < -0.3 is 15.3 Å². The first kappa shape index (κ1) is 15.8. The molecule has 2 N–H and O–H groups in total. The highest BCUT2D eigenvalue weighted by Gasteiger charge is 2.32. The molecule has 7 heteroatoms. The summed E-state index contributed by atoms with van der Waals surface area (Å²) in [5.74, 6) is -0.931. The van der Waals surface area contributed by atoms with Crippen LogP contribution in [0, 0.1) is 0 Å². The molecule has 2 rings (SSSR count). The van der Waals surface area contributed by atoms with Crippen molar-refractivity contribution in [2.24, 2.45) is 0 Å². The van der Waals surface area contributed by atoms with Crippen molar-refractivity contribution in [2.45, 2.75) is 51.6 Å². The number of carbonyl (C=O) groups is 2. The van der Waals surface area contributed by atoms with Gasteiger partial charge in [0.1, 0.15) is 11.0 Å². The average Bonchev–Trinajstić information content (AvgIpc) is 2.96. The Hall–Kier alpha value is -1.63. The summed E-state index contributed by atoms with van der Waals surface area (Å²) in [4.78, 5) is 30.4. The molecule has 0 aromatic carbocycles. The maximum atomic E-state index is 12.3. The molecular formula is C14H21N3O3S. The van der Waals surface area contributed by atoms with Crippen LogP contribution in [0.3, 0.4) is 0 Å². The number of carboxylic acid groups (broad SMARTS) is 1. The van der Waals surface area contributed by atoms with Crippen molar-refractivity contribution >= 4 is 23.3 Å². The maximum absolute atomic E-state index is 12.3. The Bertz CT molecular complexity index is 517. The topological polar surface area (TPSA) is 82.5 Å². The van der Waals surface area contributed by atoms with Gasteiger partial charge in [0, 0.05) is 17.6 Å². The number of aliphatic carboxylic acids is 1. The minimum atomic E-state index is -0.931. The second-order valence-electron chi connectivity index (χ2n) is 5.23. The Morgan fingerprint density at radius 1 is 1.57 bits per heavy atom. The number of likely N-dealkylation sites (tertiary alicyclic amines) is 1. The second-order valence-corrected chi connectivity index (χ2v) is 6.38. The normalized spacial score (nSPS) is 20.1. The number of urea groups is 1. The van der Waals surface area contributed by atoms with Crippen LogP contribution in [0.5, 0.6) is 0 Å². The Morgan fingerprint density at radius 2 is 2.33 bits per heavy atom. The molecule has 1 saturated heterocycles. The molecule has 2 atom stereocenters. The molecule has 1 aromatic heterocycles. The summed E-state index contributed by atoms with van der Waals surface area (Å²) >= 11 is 1.58. The van der Waals surface area contributed by atoms with E-state index in [4.69, 9.17) is 0 Å². The van der Waals surface area contributed by atoms with Crippen molar-refractivity contribution in [3.8, 4) is 0 Å². The summed E-state index contributed by atoms with van der Waals surface area (Å²) in [7, 11) is 0. The Kier molecular flexibility index (Phi) is 5.17. The van der Waals surface area contributed by atoms with E-state index in [2.05, 4.69) is 17.2 Å². The molecule has 1 aromatic rings. The van der Waals surface area contributed by atoms with Gasteiger partial charge in [-0.15, -0.1) is 11.3 Å². The highest BCUT2D eigenvalue weighted by Crippen LogP contribution is 2.22. The third kappa shape index (κ3) is 3.72. The fourth-order valence-electron chi connectivity index (χ4n) is 2.45. The van der Waals surface area contributed by atoms with E-state index >= 15 is 0 Å². The lowest BCUT2D eigenvalue weighted by atomic mass is 10.0. The van der Waals surface area contributed by atoms with Gasteiger partial charge in [0.2, 0.25) is 0 Å². The molecule has 2 amide bonds. The molecule has 116 valence electrons. The standard InChI is InChI=1S/C14H21N3O3S/c1-3-10-8-15-12(21-10)9(2)16-14(20)17-7-5-4-6-11(17)13(18)19/h8-9,11H,3-7H2,1-2H3,(H,16,20)(H,18,19). The molecule has 0 radical (unpaired) electrons. The molecule has 0 bridgehead atoms. The van der Waals surface area contributed by atoms with E-state index < -0.39 is 12.0 Å². The largest absolute Gasteiger partial charge is 0.480 e. The van der Waals surface area contributed by atoms with E-state index in [1.54, 1.807) is 11.3 Å². The summed E-state index contributed by atoms with van der Waals surface area (Å²) < 4.78 is 0. The van der Waals surface area contributed by atoms with Crippen molar-refractivity contribution in [3.05, 3.63) is 16.1 Å². The fraction of sp³-hybridized carbons (Fsp3) is 0.643. The third-order valence-electron chi connectivity index (χ3n) is 3.68. The predicted molar refractivity (Wildman–Crippen MR) is 80.4 cm³/mol. The lowest BCUT2D eigenvalue weighted by Crippen LogP contribution is -2.52. The highest BCUT2D eigenvalue weighted by atomic mass is 32.1. The number of nitrogens with zero attached hydrogens (tertiary/aromatic N) is 2. The highest BCUT2D eigenvalue weighted by molar-refractivity contribution is 7.11. The van der Waals surface area contributed by atoms with E-state index in [-0.39, 0.29) is 12.1 Å². The fourth-order valence-corrected chi connectivity index (χ4v) is 3.31. The molecule has 6 nitrogen and oxygen atoms in total. The molecule has 0 spiro atoms. The molecule has 21 heavy (non-hydrogen) atoms. The lowest BCUT2D eigenvalue weighted by Gasteiger charge is -2.33. The first-order valence-electron chi connectivity index (χ1n) is 7.27. The van der Waals surface area contributed by atoms with Gasteiger partial charge in [-0.05, 0) is 32.6 Å². The van der Waals surface area contributed by atoms with Gasteiger partial charge in [0.05, 0.1) is 6.04 Å². The Labute approximate surface area is 128 Å². The quantitative estimate of drug-likeness (QED) is 0.894. The van der Waals surface area contributed by atoms with Gasteiger partial charge in [0.15, 0.2) is 0 Å². The number of nitrogens with one attached hydrogen (secondary N) is 1. The number of hydrogen-bond acceptors (Lipinski definition) is 4. The van der Waals surface area contributed by atoms with Crippen LogP contribution < -0.4 is 5.32 Å². The van der Waals surface area contributed by atoms with E-state index in [9.17, 15) is 14.7 Å². The molecular weight excluding hydrogens is 290 g/mol. The first-order chi connectivity index (χ1) is 10.0. The molecule has 1 fully saturated rings. The number of carboxylic acids is 1. The molecule has 2 heterocycles. The molecule has 0 saturated carbocycles. The Morgan fingerprint density at radius 3 is 2.95 bits per heavy atom. The zero-order valence-electron chi connectivity index (χ0n) is 12.3. The average molecular weight is 311 g/mol. The number of rotatable bonds is 4. The van der Waals surface area contributed by atoms with Gasteiger partial charge in [-0.1, -0.05) is 6.92 Å². The molecule has 1 aliphatic rings. The number of aryl methyl sites for hydroxylation is 1. The van der Waals surface area contributed by atoms with Gasteiger partial charge >= 0.3 is 12.0 Å². The van der Waals surface area contributed by atoms with Crippen molar-refractivity contribution in [3.63, 3.8) is 0 Å². The van der Waals surface area contributed by atoms with Crippen LogP contribution in [0.15, 0.2) is 6.20 Å². The van der Waals surface area contributed by atoms with Crippen molar-refractivity contribution in [1.82, 2.24) is 15.2 Å². The van der Waals surface area contributed by atoms with E-state index in [1.807, 2.05) is 13.1 Å². The summed E-state index contributed by atoms with van der Waals surface area (Å²) in [6.07, 6.45) is 4.97. The number of aromatic nitrogens is 1. The summed E-state index contributed by atoms with van der Waals surface area (Å²) in [6, 6.07) is -1.24.